The van der Waals surface area contributed by atoms with E-state index in [0.29, 0.717) is 5.69 Å². The van der Waals surface area contributed by atoms with E-state index < -0.39 is 5.82 Å². The maximum atomic E-state index is 13.4. The third kappa shape index (κ3) is 2.94. The molecule has 2 aromatic carbocycles. The summed E-state index contributed by atoms with van der Waals surface area (Å²) in [6.07, 6.45) is 0. The SMILES string of the molecule is N#Cc1ccc(Nc2cccc(I)c2)cc1F. The third-order valence-corrected chi connectivity index (χ3v) is 2.87. The minimum absolute atomic E-state index is 0.0539. The Labute approximate surface area is 112 Å². The van der Waals surface area contributed by atoms with Gasteiger partial charge in [-0.05, 0) is 59.0 Å². The highest BCUT2D eigenvalue weighted by molar-refractivity contribution is 14.1. The monoisotopic (exact) mass is 338 g/mol. The van der Waals surface area contributed by atoms with E-state index in [1.165, 1.54) is 12.1 Å². The first-order chi connectivity index (χ1) is 8.19. The summed E-state index contributed by atoms with van der Waals surface area (Å²) in [4.78, 5) is 0. The molecule has 2 rings (SSSR count). The van der Waals surface area contributed by atoms with Gasteiger partial charge in [0.1, 0.15) is 11.9 Å². The number of nitrogens with one attached hydrogen (secondary N) is 1. The molecule has 0 aromatic heterocycles. The van der Waals surface area contributed by atoms with Crippen LogP contribution in [0.2, 0.25) is 0 Å². The molecule has 0 heterocycles. The minimum Gasteiger partial charge on any atom is -0.355 e. The average Bonchev–Trinajstić information content (AvgIpc) is 2.29. The molecule has 0 aliphatic heterocycles. The standard InChI is InChI=1S/C13H8FIN2/c14-13-7-12(5-4-9(13)8-16)17-11-3-1-2-10(15)6-11/h1-7,17H. The van der Waals surface area contributed by atoms with Gasteiger partial charge in [0.15, 0.2) is 0 Å². The van der Waals surface area contributed by atoms with E-state index in [2.05, 4.69) is 27.9 Å². The normalized spacial score (nSPS) is 9.71. The van der Waals surface area contributed by atoms with Gasteiger partial charge in [-0.1, -0.05) is 6.07 Å². The van der Waals surface area contributed by atoms with Crippen LogP contribution in [0.25, 0.3) is 0 Å². The Hall–Kier alpha value is -1.61. The maximum absolute atomic E-state index is 13.4. The van der Waals surface area contributed by atoms with Crippen LogP contribution in [0.4, 0.5) is 15.8 Å². The molecule has 4 heteroatoms. The molecular weight excluding hydrogens is 330 g/mol. The van der Waals surface area contributed by atoms with E-state index in [1.807, 2.05) is 24.3 Å². The van der Waals surface area contributed by atoms with Crippen LogP contribution in [0.1, 0.15) is 5.56 Å². The second-order valence-corrected chi connectivity index (χ2v) is 4.69. The number of rotatable bonds is 2. The van der Waals surface area contributed by atoms with Crippen LogP contribution in [-0.4, -0.2) is 0 Å². The molecule has 0 atom stereocenters. The fraction of sp³-hybridized carbons (Fsp3) is 0. The highest BCUT2D eigenvalue weighted by Gasteiger charge is 2.02. The Kier molecular flexibility index (Phi) is 3.59. The summed E-state index contributed by atoms with van der Waals surface area (Å²) < 4.78 is 14.5. The van der Waals surface area contributed by atoms with Gasteiger partial charge >= 0.3 is 0 Å². The molecule has 0 bridgehead atoms. The largest absolute Gasteiger partial charge is 0.355 e. The first-order valence-corrected chi connectivity index (χ1v) is 5.99. The van der Waals surface area contributed by atoms with Crippen LogP contribution in [0, 0.1) is 20.7 Å². The lowest BCUT2D eigenvalue weighted by Gasteiger charge is -2.07. The first kappa shape index (κ1) is 11.9. The van der Waals surface area contributed by atoms with Crippen LogP contribution in [0.3, 0.4) is 0 Å². The van der Waals surface area contributed by atoms with Crippen molar-refractivity contribution in [2.75, 3.05) is 5.32 Å². The van der Waals surface area contributed by atoms with E-state index in [9.17, 15) is 4.39 Å². The summed E-state index contributed by atoms with van der Waals surface area (Å²) in [5.74, 6) is -0.511. The van der Waals surface area contributed by atoms with Crippen LogP contribution in [0.15, 0.2) is 42.5 Å². The molecule has 0 aliphatic rings. The summed E-state index contributed by atoms with van der Waals surface area (Å²) in [6, 6.07) is 14.0. The van der Waals surface area contributed by atoms with Gasteiger partial charge in [0.25, 0.3) is 0 Å². The Balaban J connectivity index is 2.25. The number of halogens is 2. The predicted molar refractivity (Wildman–Crippen MR) is 73.6 cm³/mol. The fourth-order valence-electron chi connectivity index (χ4n) is 1.42. The Morgan fingerprint density at radius 2 is 1.88 bits per heavy atom. The quantitative estimate of drug-likeness (QED) is 0.839. The molecule has 0 amide bonds. The van der Waals surface area contributed by atoms with Crippen LogP contribution < -0.4 is 5.32 Å². The zero-order valence-corrected chi connectivity index (χ0v) is 10.9. The molecule has 0 saturated heterocycles. The van der Waals surface area contributed by atoms with Gasteiger partial charge < -0.3 is 5.32 Å². The van der Waals surface area contributed by atoms with Crippen LogP contribution >= 0.6 is 22.6 Å². The molecule has 0 fully saturated rings. The summed E-state index contributed by atoms with van der Waals surface area (Å²) in [7, 11) is 0. The highest BCUT2D eigenvalue weighted by atomic mass is 127. The molecule has 1 N–H and O–H groups in total. The summed E-state index contributed by atoms with van der Waals surface area (Å²) in [5, 5.41) is 11.7. The molecule has 84 valence electrons. The van der Waals surface area contributed by atoms with Crippen molar-refractivity contribution in [1.29, 1.82) is 5.26 Å². The zero-order chi connectivity index (χ0) is 12.3. The lowest BCUT2D eigenvalue weighted by molar-refractivity contribution is 0.624. The van der Waals surface area contributed by atoms with Crippen molar-refractivity contribution in [1.82, 2.24) is 0 Å². The lowest BCUT2D eigenvalue weighted by Crippen LogP contribution is -1.92. The van der Waals surface area contributed by atoms with Crippen molar-refractivity contribution in [3.05, 3.63) is 57.4 Å². The molecular formula is C13H8FIN2. The number of hydrogen-bond donors (Lipinski definition) is 1. The van der Waals surface area contributed by atoms with Crippen LogP contribution in [-0.2, 0) is 0 Å². The van der Waals surface area contributed by atoms with Crippen molar-refractivity contribution in [3.8, 4) is 6.07 Å². The van der Waals surface area contributed by atoms with Crippen LogP contribution in [0.5, 0.6) is 0 Å². The van der Waals surface area contributed by atoms with E-state index in [4.69, 9.17) is 5.26 Å². The molecule has 17 heavy (non-hydrogen) atoms. The van der Waals surface area contributed by atoms with Gasteiger partial charge in [0, 0.05) is 14.9 Å². The van der Waals surface area contributed by atoms with Gasteiger partial charge in [-0.15, -0.1) is 0 Å². The van der Waals surface area contributed by atoms with Gasteiger partial charge in [0.2, 0.25) is 0 Å². The van der Waals surface area contributed by atoms with E-state index in [0.717, 1.165) is 9.26 Å². The summed E-state index contributed by atoms with van der Waals surface area (Å²) in [6.45, 7) is 0. The van der Waals surface area contributed by atoms with E-state index in [1.54, 1.807) is 12.1 Å². The third-order valence-electron chi connectivity index (χ3n) is 2.20. The second kappa shape index (κ2) is 5.15. The number of hydrogen-bond acceptors (Lipinski definition) is 2. The molecule has 0 unspecified atom stereocenters. The van der Waals surface area contributed by atoms with Gasteiger partial charge in [-0.2, -0.15) is 5.26 Å². The molecule has 2 aromatic rings. The number of anilines is 2. The number of benzene rings is 2. The predicted octanol–water partition coefficient (Wildman–Crippen LogP) is 4.05. The smallest absolute Gasteiger partial charge is 0.143 e. The average molecular weight is 338 g/mol. The van der Waals surface area contributed by atoms with Crippen molar-refractivity contribution in [2.45, 2.75) is 0 Å². The summed E-state index contributed by atoms with van der Waals surface area (Å²) >= 11 is 2.21. The summed E-state index contributed by atoms with van der Waals surface area (Å²) in [5.41, 5.74) is 1.57. The number of nitriles is 1. The first-order valence-electron chi connectivity index (χ1n) is 4.91. The van der Waals surface area contributed by atoms with Crippen molar-refractivity contribution < 1.29 is 4.39 Å². The van der Waals surface area contributed by atoms with Gasteiger partial charge in [-0.25, -0.2) is 4.39 Å². The maximum Gasteiger partial charge on any atom is 0.143 e. The second-order valence-electron chi connectivity index (χ2n) is 3.44. The van der Waals surface area contributed by atoms with E-state index >= 15 is 0 Å². The Morgan fingerprint density at radius 1 is 1.12 bits per heavy atom. The topological polar surface area (TPSA) is 35.8 Å². The molecule has 0 aliphatic carbocycles. The fourth-order valence-corrected chi connectivity index (χ4v) is 1.96. The molecule has 0 saturated carbocycles. The Bertz CT molecular complexity index is 590. The molecule has 2 nitrogen and oxygen atoms in total. The van der Waals surface area contributed by atoms with Gasteiger partial charge in [0.05, 0.1) is 5.56 Å². The minimum atomic E-state index is -0.511. The van der Waals surface area contributed by atoms with Crippen molar-refractivity contribution >= 4 is 34.0 Å². The van der Waals surface area contributed by atoms with Crippen molar-refractivity contribution in [3.63, 3.8) is 0 Å². The Morgan fingerprint density at radius 3 is 2.53 bits per heavy atom. The highest BCUT2D eigenvalue weighted by Crippen LogP contribution is 2.20. The number of nitrogens with zero attached hydrogens (tertiary/aromatic N) is 1. The van der Waals surface area contributed by atoms with Crippen molar-refractivity contribution in [2.24, 2.45) is 0 Å². The lowest BCUT2D eigenvalue weighted by atomic mass is 10.2. The van der Waals surface area contributed by atoms with E-state index in [-0.39, 0.29) is 5.56 Å². The molecule has 0 radical (unpaired) electrons. The zero-order valence-electron chi connectivity index (χ0n) is 8.74. The van der Waals surface area contributed by atoms with Gasteiger partial charge in [-0.3, -0.25) is 0 Å². The molecule has 0 spiro atoms.